The van der Waals surface area contributed by atoms with E-state index in [2.05, 4.69) is 4.98 Å². The van der Waals surface area contributed by atoms with Gasteiger partial charge in [-0.1, -0.05) is 11.6 Å². The van der Waals surface area contributed by atoms with E-state index in [0.717, 1.165) is 11.3 Å². The Balaban J connectivity index is 3.01. The Bertz CT molecular complexity index is 572. The molecule has 2 aromatic rings. The largest absolute Gasteiger partial charge is 0.302 e. The third-order valence-electron chi connectivity index (χ3n) is 1.85. The molecule has 2 rings (SSSR count). The van der Waals surface area contributed by atoms with Crippen molar-refractivity contribution in [3.63, 3.8) is 0 Å². The number of carbonyl (C=O) groups is 1. The van der Waals surface area contributed by atoms with Crippen molar-refractivity contribution < 1.29 is 4.79 Å². The monoisotopic (exact) mass is 228 g/mol. The Morgan fingerprint density at radius 1 is 1.64 bits per heavy atom. The quantitative estimate of drug-likeness (QED) is 0.695. The number of carbonyl (C=O) groups excluding carboxylic acids is 1. The van der Waals surface area contributed by atoms with Crippen LogP contribution < -0.4 is 5.56 Å². The molecule has 14 heavy (non-hydrogen) atoms. The molecule has 0 bridgehead atoms. The summed E-state index contributed by atoms with van der Waals surface area (Å²) < 4.78 is 1.33. The zero-order valence-electron chi connectivity index (χ0n) is 7.15. The molecule has 6 heteroatoms. The average Bonchev–Trinajstić information content (AvgIpc) is 2.50. The molecule has 0 spiro atoms. The minimum Gasteiger partial charge on any atom is -0.302 e. The molecule has 4 nitrogen and oxygen atoms in total. The van der Waals surface area contributed by atoms with Crippen molar-refractivity contribution in [3.05, 3.63) is 26.6 Å². The van der Waals surface area contributed by atoms with Crippen molar-refractivity contribution in [1.82, 2.24) is 9.55 Å². The zero-order valence-corrected chi connectivity index (χ0v) is 8.72. The van der Waals surface area contributed by atoms with E-state index in [-0.39, 0.29) is 10.6 Å². The SMILES string of the molecule is Cn1cnc2sc(C=O)c(Cl)c2c1=O. The molecule has 0 saturated carbocycles. The Kier molecular flexibility index (Phi) is 2.13. The van der Waals surface area contributed by atoms with Crippen molar-refractivity contribution in [2.75, 3.05) is 0 Å². The van der Waals surface area contributed by atoms with E-state index >= 15 is 0 Å². The van der Waals surface area contributed by atoms with E-state index in [9.17, 15) is 9.59 Å². The van der Waals surface area contributed by atoms with Crippen molar-refractivity contribution in [2.24, 2.45) is 7.05 Å². The molecule has 0 aliphatic carbocycles. The van der Waals surface area contributed by atoms with Crippen molar-refractivity contribution >= 4 is 39.4 Å². The van der Waals surface area contributed by atoms with Crippen LogP contribution in [0, 0.1) is 0 Å². The van der Waals surface area contributed by atoms with E-state index in [1.165, 1.54) is 10.9 Å². The van der Waals surface area contributed by atoms with Crippen molar-refractivity contribution in [1.29, 1.82) is 0 Å². The first-order valence-corrected chi connectivity index (χ1v) is 4.93. The number of aldehydes is 1. The second-order valence-corrected chi connectivity index (χ2v) is 4.15. The third-order valence-corrected chi connectivity index (χ3v) is 3.37. The first kappa shape index (κ1) is 9.36. The highest BCUT2D eigenvalue weighted by Gasteiger charge is 2.14. The van der Waals surface area contributed by atoms with Crippen LogP contribution in [-0.2, 0) is 7.05 Å². The fraction of sp³-hybridized carbons (Fsp3) is 0.125. The third kappa shape index (κ3) is 1.17. The van der Waals surface area contributed by atoms with Gasteiger partial charge in [-0.15, -0.1) is 11.3 Å². The van der Waals surface area contributed by atoms with Crippen LogP contribution in [0.2, 0.25) is 5.02 Å². The van der Waals surface area contributed by atoms with Crippen molar-refractivity contribution in [3.8, 4) is 0 Å². The second-order valence-electron chi connectivity index (χ2n) is 2.74. The Labute approximate surface area is 87.8 Å². The highest BCUT2D eigenvalue weighted by molar-refractivity contribution is 7.20. The molecule has 0 aromatic carbocycles. The average molecular weight is 229 g/mol. The number of halogens is 1. The van der Waals surface area contributed by atoms with Crippen LogP contribution in [-0.4, -0.2) is 15.8 Å². The number of nitrogens with zero attached hydrogens (tertiary/aromatic N) is 2. The first-order valence-electron chi connectivity index (χ1n) is 3.74. The second kappa shape index (κ2) is 3.18. The molecule has 0 amide bonds. The van der Waals surface area contributed by atoms with E-state index in [0.29, 0.717) is 21.4 Å². The summed E-state index contributed by atoms with van der Waals surface area (Å²) in [6.45, 7) is 0. The van der Waals surface area contributed by atoms with Gasteiger partial charge in [-0.3, -0.25) is 9.59 Å². The van der Waals surface area contributed by atoms with Gasteiger partial charge in [0, 0.05) is 7.05 Å². The Morgan fingerprint density at radius 2 is 2.36 bits per heavy atom. The maximum absolute atomic E-state index is 11.6. The van der Waals surface area contributed by atoms with Gasteiger partial charge in [-0.25, -0.2) is 4.98 Å². The molecule has 0 saturated heterocycles. The highest BCUT2D eigenvalue weighted by Crippen LogP contribution is 2.30. The summed E-state index contributed by atoms with van der Waals surface area (Å²) in [6, 6.07) is 0. The standard InChI is InChI=1S/C8H5ClN2O2S/c1-11-3-10-7-5(8(11)13)6(9)4(2-12)14-7/h2-3H,1H3. The number of hydrogen-bond donors (Lipinski definition) is 0. The molecule has 2 heterocycles. The van der Waals surface area contributed by atoms with E-state index < -0.39 is 0 Å². The van der Waals surface area contributed by atoms with Gasteiger partial charge >= 0.3 is 0 Å². The van der Waals surface area contributed by atoms with Crippen LogP contribution >= 0.6 is 22.9 Å². The van der Waals surface area contributed by atoms with Crippen LogP contribution in [0.3, 0.4) is 0 Å². The van der Waals surface area contributed by atoms with Crippen LogP contribution in [0.15, 0.2) is 11.1 Å². The summed E-state index contributed by atoms with van der Waals surface area (Å²) in [5, 5.41) is 0.525. The van der Waals surface area contributed by atoms with Crippen LogP contribution in [0.25, 0.3) is 10.2 Å². The predicted molar refractivity (Wildman–Crippen MR) is 55.3 cm³/mol. The number of thiophene rings is 1. The number of fused-ring (bicyclic) bond motifs is 1. The Morgan fingerprint density at radius 3 is 3.00 bits per heavy atom. The van der Waals surface area contributed by atoms with Crippen molar-refractivity contribution in [2.45, 2.75) is 0 Å². The fourth-order valence-corrected chi connectivity index (χ4v) is 2.36. The summed E-state index contributed by atoms with van der Waals surface area (Å²) in [5.41, 5.74) is -0.232. The first-order chi connectivity index (χ1) is 6.65. The van der Waals surface area contributed by atoms with Gasteiger partial charge in [0.15, 0.2) is 6.29 Å². The lowest BCUT2D eigenvalue weighted by Crippen LogP contribution is -2.16. The van der Waals surface area contributed by atoms with Gasteiger partial charge in [-0.2, -0.15) is 0 Å². The van der Waals surface area contributed by atoms with Gasteiger partial charge in [0.1, 0.15) is 4.83 Å². The van der Waals surface area contributed by atoms with Gasteiger partial charge in [-0.05, 0) is 0 Å². The number of hydrogen-bond acceptors (Lipinski definition) is 4. The number of rotatable bonds is 1. The Hall–Kier alpha value is -1.20. The van der Waals surface area contributed by atoms with Crippen LogP contribution in [0.5, 0.6) is 0 Å². The lowest BCUT2D eigenvalue weighted by molar-refractivity contribution is 0.112. The lowest BCUT2D eigenvalue weighted by atomic mass is 10.3. The minimum atomic E-state index is -0.232. The fourth-order valence-electron chi connectivity index (χ4n) is 1.14. The molecular weight excluding hydrogens is 224 g/mol. The smallest absolute Gasteiger partial charge is 0.263 e. The molecule has 72 valence electrons. The zero-order chi connectivity index (χ0) is 10.3. The minimum absolute atomic E-state index is 0.203. The summed E-state index contributed by atoms with van der Waals surface area (Å²) in [5.74, 6) is 0. The molecule has 0 aliphatic heterocycles. The molecule has 0 N–H and O–H groups in total. The van der Waals surface area contributed by atoms with Gasteiger partial charge < -0.3 is 4.57 Å². The van der Waals surface area contributed by atoms with E-state index in [4.69, 9.17) is 11.6 Å². The molecule has 0 fully saturated rings. The summed E-state index contributed by atoms with van der Waals surface area (Å²) >= 11 is 6.98. The predicted octanol–water partition coefficient (Wildman–Crippen LogP) is 1.46. The van der Waals surface area contributed by atoms with Crippen LogP contribution in [0.4, 0.5) is 0 Å². The molecule has 0 unspecified atom stereocenters. The van der Waals surface area contributed by atoms with Gasteiger partial charge in [0.25, 0.3) is 5.56 Å². The highest BCUT2D eigenvalue weighted by atomic mass is 35.5. The number of aromatic nitrogens is 2. The summed E-state index contributed by atoms with van der Waals surface area (Å²) in [7, 11) is 1.59. The molecular formula is C8H5ClN2O2S. The number of aryl methyl sites for hydroxylation is 1. The lowest BCUT2D eigenvalue weighted by Gasteiger charge is -1.94. The maximum atomic E-state index is 11.6. The normalized spacial score (nSPS) is 10.7. The summed E-state index contributed by atoms with van der Waals surface area (Å²) in [4.78, 5) is 27.0. The molecule has 2 aromatic heterocycles. The van der Waals surface area contributed by atoms with E-state index in [1.807, 2.05) is 0 Å². The topological polar surface area (TPSA) is 52.0 Å². The van der Waals surface area contributed by atoms with Gasteiger partial charge in [0.2, 0.25) is 0 Å². The van der Waals surface area contributed by atoms with Crippen LogP contribution in [0.1, 0.15) is 9.67 Å². The maximum Gasteiger partial charge on any atom is 0.263 e. The molecule has 0 atom stereocenters. The summed E-state index contributed by atoms with van der Waals surface area (Å²) in [6.07, 6.45) is 2.04. The van der Waals surface area contributed by atoms with E-state index in [1.54, 1.807) is 7.05 Å². The molecule has 0 aliphatic rings. The molecule has 0 radical (unpaired) electrons. The van der Waals surface area contributed by atoms with Gasteiger partial charge in [0.05, 0.1) is 21.6 Å².